The van der Waals surface area contributed by atoms with Crippen molar-refractivity contribution in [2.24, 2.45) is 0 Å². The van der Waals surface area contributed by atoms with Crippen LogP contribution in [0.5, 0.6) is 5.75 Å². The number of amides is 1. The SMILES string of the molecule is COc1cccc(C2(C)CCN(C)C2=O)c1. The number of nitrogens with zero attached hydrogens (tertiary/aromatic N) is 1. The van der Waals surface area contributed by atoms with E-state index in [0.717, 1.165) is 24.3 Å². The first-order chi connectivity index (χ1) is 7.58. The average Bonchev–Trinajstić information content (AvgIpc) is 2.59. The number of hydrogen-bond acceptors (Lipinski definition) is 2. The number of benzene rings is 1. The average molecular weight is 219 g/mol. The van der Waals surface area contributed by atoms with E-state index in [1.807, 2.05) is 38.2 Å². The highest BCUT2D eigenvalue weighted by Crippen LogP contribution is 2.35. The molecule has 0 aliphatic carbocycles. The molecule has 1 unspecified atom stereocenters. The van der Waals surface area contributed by atoms with Gasteiger partial charge in [-0.3, -0.25) is 4.79 Å². The second kappa shape index (κ2) is 3.81. The Kier molecular flexibility index (Phi) is 2.62. The lowest BCUT2D eigenvalue weighted by Gasteiger charge is -2.22. The first kappa shape index (κ1) is 11.0. The topological polar surface area (TPSA) is 29.5 Å². The third kappa shape index (κ3) is 1.56. The predicted molar refractivity (Wildman–Crippen MR) is 62.6 cm³/mol. The molecule has 1 heterocycles. The molecule has 16 heavy (non-hydrogen) atoms. The van der Waals surface area contributed by atoms with E-state index in [9.17, 15) is 4.79 Å². The van der Waals surface area contributed by atoms with Gasteiger partial charge < -0.3 is 9.64 Å². The number of likely N-dealkylation sites (tertiary alicyclic amines) is 1. The van der Waals surface area contributed by atoms with E-state index in [1.165, 1.54) is 0 Å². The summed E-state index contributed by atoms with van der Waals surface area (Å²) in [4.78, 5) is 13.9. The number of carbonyl (C=O) groups excluding carboxylic acids is 1. The molecular formula is C13H17NO2. The molecule has 1 atom stereocenters. The first-order valence-electron chi connectivity index (χ1n) is 5.48. The highest BCUT2D eigenvalue weighted by Gasteiger charge is 2.42. The third-order valence-corrected chi connectivity index (χ3v) is 3.47. The van der Waals surface area contributed by atoms with Crippen LogP contribution in [-0.4, -0.2) is 31.5 Å². The van der Waals surface area contributed by atoms with Crippen LogP contribution in [0.4, 0.5) is 0 Å². The molecule has 1 aliphatic rings. The molecule has 1 fully saturated rings. The maximum atomic E-state index is 12.1. The Labute approximate surface area is 96.0 Å². The van der Waals surface area contributed by atoms with Gasteiger partial charge in [-0.2, -0.15) is 0 Å². The minimum atomic E-state index is -0.386. The van der Waals surface area contributed by atoms with Crippen molar-refractivity contribution in [2.75, 3.05) is 20.7 Å². The Morgan fingerprint density at radius 1 is 1.44 bits per heavy atom. The molecule has 0 radical (unpaired) electrons. The van der Waals surface area contributed by atoms with Gasteiger partial charge in [0.1, 0.15) is 5.75 Å². The fourth-order valence-corrected chi connectivity index (χ4v) is 2.26. The molecule has 1 saturated heterocycles. The Balaban J connectivity index is 2.39. The Morgan fingerprint density at radius 3 is 2.75 bits per heavy atom. The van der Waals surface area contributed by atoms with Gasteiger partial charge in [0.05, 0.1) is 12.5 Å². The van der Waals surface area contributed by atoms with Crippen LogP contribution in [0.2, 0.25) is 0 Å². The van der Waals surface area contributed by atoms with E-state index in [4.69, 9.17) is 4.74 Å². The smallest absolute Gasteiger partial charge is 0.232 e. The molecule has 1 amide bonds. The Hall–Kier alpha value is -1.51. The number of methoxy groups -OCH3 is 1. The van der Waals surface area contributed by atoms with Gasteiger partial charge in [0.2, 0.25) is 5.91 Å². The molecule has 3 nitrogen and oxygen atoms in total. The fourth-order valence-electron chi connectivity index (χ4n) is 2.26. The molecule has 1 aromatic carbocycles. The highest BCUT2D eigenvalue weighted by atomic mass is 16.5. The Morgan fingerprint density at radius 2 is 2.19 bits per heavy atom. The van der Waals surface area contributed by atoms with Gasteiger partial charge in [-0.25, -0.2) is 0 Å². The Bertz CT molecular complexity index is 416. The van der Waals surface area contributed by atoms with Crippen LogP contribution in [0.1, 0.15) is 18.9 Å². The van der Waals surface area contributed by atoms with Gasteiger partial charge >= 0.3 is 0 Å². The van der Waals surface area contributed by atoms with Crippen LogP contribution in [-0.2, 0) is 10.2 Å². The van der Waals surface area contributed by atoms with E-state index >= 15 is 0 Å². The molecular weight excluding hydrogens is 202 g/mol. The summed E-state index contributed by atoms with van der Waals surface area (Å²) in [6, 6.07) is 7.79. The second-order valence-electron chi connectivity index (χ2n) is 4.54. The summed E-state index contributed by atoms with van der Waals surface area (Å²) in [6.07, 6.45) is 0.871. The predicted octanol–water partition coefficient (Wildman–Crippen LogP) is 1.81. The van der Waals surface area contributed by atoms with Crippen molar-refractivity contribution in [3.05, 3.63) is 29.8 Å². The minimum Gasteiger partial charge on any atom is -0.497 e. The maximum Gasteiger partial charge on any atom is 0.232 e. The fraction of sp³-hybridized carbons (Fsp3) is 0.462. The summed E-state index contributed by atoms with van der Waals surface area (Å²) in [5.41, 5.74) is 0.657. The molecule has 86 valence electrons. The van der Waals surface area contributed by atoms with Crippen molar-refractivity contribution in [1.82, 2.24) is 4.90 Å². The zero-order valence-electron chi connectivity index (χ0n) is 9.99. The number of carbonyl (C=O) groups is 1. The van der Waals surface area contributed by atoms with Crippen molar-refractivity contribution in [3.8, 4) is 5.75 Å². The third-order valence-electron chi connectivity index (χ3n) is 3.47. The number of likely N-dealkylation sites (N-methyl/N-ethyl adjacent to an activating group) is 1. The lowest BCUT2D eigenvalue weighted by Crippen LogP contribution is -2.33. The van der Waals surface area contributed by atoms with E-state index < -0.39 is 0 Å². The number of hydrogen-bond donors (Lipinski definition) is 0. The molecule has 2 rings (SSSR count). The monoisotopic (exact) mass is 219 g/mol. The molecule has 1 aromatic rings. The lowest BCUT2D eigenvalue weighted by atomic mass is 9.81. The summed E-state index contributed by atoms with van der Waals surface area (Å²) in [5.74, 6) is 1.00. The van der Waals surface area contributed by atoms with Crippen LogP contribution in [0.25, 0.3) is 0 Å². The van der Waals surface area contributed by atoms with Crippen molar-refractivity contribution in [2.45, 2.75) is 18.8 Å². The number of rotatable bonds is 2. The zero-order valence-corrected chi connectivity index (χ0v) is 9.99. The largest absolute Gasteiger partial charge is 0.497 e. The second-order valence-corrected chi connectivity index (χ2v) is 4.54. The van der Waals surface area contributed by atoms with Crippen molar-refractivity contribution in [1.29, 1.82) is 0 Å². The van der Waals surface area contributed by atoms with Crippen molar-refractivity contribution >= 4 is 5.91 Å². The van der Waals surface area contributed by atoms with Crippen LogP contribution in [0.15, 0.2) is 24.3 Å². The van der Waals surface area contributed by atoms with Gasteiger partial charge in [0.25, 0.3) is 0 Å². The normalized spacial score (nSPS) is 24.9. The number of ether oxygens (including phenoxy) is 1. The minimum absolute atomic E-state index is 0.195. The van der Waals surface area contributed by atoms with Crippen LogP contribution >= 0.6 is 0 Å². The highest BCUT2D eigenvalue weighted by molar-refractivity contribution is 5.89. The lowest BCUT2D eigenvalue weighted by molar-refractivity contribution is -0.130. The summed E-state index contributed by atoms with van der Waals surface area (Å²) >= 11 is 0. The summed E-state index contributed by atoms with van der Waals surface area (Å²) < 4.78 is 5.20. The van der Waals surface area contributed by atoms with Crippen LogP contribution in [0, 0.1) is 0 Å². The van der Waals surface area contributed by atoms with Gasteiger partial charge in [0, 0.05) is 13.6 Å². The molecule has 0 aromatic heterocycles. The quantitative estimate of drug-likeness (QED) is 0.759. The zero-order chi connectivity index (χ0) is 11.8. The van der Waals surface area contributed by atoms with Gasteiger partial charge in [-0.1, -0.05) is 12.1 Å². The molecule has 0 saturated carbocycles. The van der Waals surface area contributed by atoms with E-state index in [2.05, 4.69) is 0 Å². The maximum absolute atomic E-state index is 12.1. The van der Waals surface area contributed by atoms with E-state index in [0.29, 0.717) is 0 Å². The van der Waals surface area contributed by atoms with Crippen LogP contribution < -0.4 is 4.74 Å². The first-order valence-corrected chi connectivity index (χ1v) is 5.48. The van der Waals surface area contributed by atoms with E-state index in [1.54, 1.807) is 12.0 Å². The molecule has 0 spiro atoms. The van der Waals surface area contributed by atoms with Gasteiger partial charge in [-0.15, -0.1) is 0 Å². The van der Waals surface area contributed by atoms with Gasteiger partial charge in [0.15, 0.2) is 0 Å². The van der Waals surface area contributed by atoms with Gasteiger partial charge in [-0.05, 0) is 31.0 Å². The summed E-state index contributed by atoms with van der Waals surface area (Å²) in [7, 11) is 3.50. The van der Waals surface area contributed by atoms with Crippen molar-refractivity contribution < 1.29 is 9.53 Å². The van der Waals surface area contributed by atoms with Crippen molar-refractivity contribution in [3.63, 3.8) is 0 Å². The summed E-state index contributed by atoms with van der Waals surface area (Å²) in [6.45, 7) is 2.83. The molecule has 0 bridgehead atoms. The van der Waals surface area contributed by atoms with Crippen LogP contribution in [0.3, 0.4) is 0 Å². The molecule has 1 aliphatic heterocycles. The standard InChI is InChI=1S/C13H17NO2/c1-13(7-8-14(2)12(13)15)10-5-4-6-11(9-10)16-3/h4-6,9H,7-8H2,1-3H3. The molecule has 0 N–H and O–H groups in total. The summed E-state index contributed by atoms with van der Waals surface area (Å²) in [5, 5.41) is 0. The molecule has 3 heteroatoms. The van der Waals surface area contributed by atoms with E-state index in [-0.39, 0.29) is 11.3 Å².